The normalized spacial score (nSPS) is 29.6. The van der Waals surface area contributed by atoms with Crippen LogP contribution >= 0.6 is 15.9 Å². The Morgan fingerprint density at radius 3 is 2.72 bits per heavy atom. The minimum atomic E-state index is -0.203. The largest absolute Gasteiger partial charge is 0.470 e. The van der Waals surface area contributed by atoms with Gasteiger partial charge in [-0.05, 0) is 23.6 Å². The molecule has 96 valence electrons. The maximum absolute atomic E-state index is 12.1. The second-order valence-corrected chi connectivity index (χ2v) is 7.01. The number of carbonyl (C=O) groups excluding carboxylic acids is 1. The fourth-order valence-corrected chi connectivity index (χ4v) is 3.44. The van der Waals surface area contributed by atoms with E-state index < -0.39 is 0 Å². The molecule has 3 atom stereocenters. The van der Waals surface area contributed by atoms with E-state index in [0.717, 1.165) is 15.8 Å². The summed E-state index contributed by atoms with van der Waals surface area (Å²) >= 11 is 3.49. The number of hydrogen-bond acceptors (Lipinski definition) is 2. The first kappa shape index (κ1) is 12.0. The Morgan fingerprint density at radius 1 is 1.33 bits per heavy atom. The van der Waals surface area contributed by atoms with Crippen molar-refractivity contribution in [1.29, 1.82) is 0 Å². The van der Waals surface area contributed by atoms with Crippen molar-refractivity contribution in [1.82, 2.24) is 5.32 Å². The van der Waals surface area contributed by atoms with E-state index in [4.69, 9.17) is 4.74 Å². The summed E-state index contributed by atoms with van der Waals surface area (Å²) < 4.78 is 6.85. The van der Waals surface area contributed by atoms with Gasteiger partial charge in [0.2, 0.25) is 5.91 Å². The zero-order valence-electron chi connectivity index (χ0n) is 10.7. The minimum Gasteiger partial charge on any atom is -0.470 e. The van der Waals surface area contributed by atoms with Gasteiger partial charge < -0.3 is 10.1 Å². The van der Waals surface area contributed by atoms with Gasteiger partial charge in [-0.1, -0.05) is 36.7 Å². The van der Waals surface area contributed by atoms with Gasteiger partial charge >= 0.3 is 0 Å². The monoisotopic (exact) mass is 309 g/mol. The molecule has 0 unspecified atom stereocenters. The van der Waals surface area contributed by atoms with Gasteiger partial charge in [-0.2, -0.15) is 0 Å². The second kappa shape index (κ2) is 3.73. The molecular formula is C14H16BrNO2. The van der Waals surface area contributed by atoms with E-state index in [9.17, 15) is 4.79 Å². The molecule has 1 N–H and O–H groups in total. The number of amides is 1. The molecular weight excluding hydrogens is 294 g/mol. The zero-order valence-corrected chi connectivity index (χ0v) is 12.2. The molecule has 0 saturated carbocycles. The van der Waals surface area contributed by atoms with Crippen LogP contribution in [0.15, 0.2) is 22.7 Å². The molecule has 0 spiro atoms. The standard InChI is InChI=1S/C14H16BrNO2/c1-14(2,3)11-10-8-6-7(15)4-5-9(8)18-13(10)16-12(11)17/h4-6,10-11,13H,1-3H3,(H,16,17)/t10-,11-,13-/m0/s1. The van der Waals surface area contributed by atoms with Crippen LogP contribution in [0.5, 0.6) is 5.75 Å². The van der Waals surface area contributed by atoms with E-state index >= 15 is 0 Å². The minimum absolute atomic E-state index is 0.0435. The summed E-state index contributed by atoms with van der Waals surface area (Å²) in [5.74, 6) is 1.06. The fraction of sp³-hybridized carbons (Fsp3) is 0.500. The number of fused-ring (bicyclic) bond motifs is 3. The molecule has 18 heavy (non-hydrogen) atoms. The Hall–Kier alpha value is -1.03. The summed E-state index contributed by atoms with van der Waals surface area (Å²) in [7, 11) is 0. The summed E-state index contributed by atoms with van der Waals surface area (Å²) in [5.41, 5.74) is 1.06. The lowest BCUT2D eigenvalue weighted by Crippen LogP contribution is -2.32. The van der Waals surface area contributed by atoms with Gasteiger partial charge in [0.15, 0.2) is 6.23 Å². The average molecular weight is 310 g/mol. The van der Waals surface area contributed by atoms with Crippen LogP contribution in [0.3, 0.4) is 0 Å². The van der Waals surface area contributed by atoms with E-state index in [1.54, 1.807) is 0 Å². The van der Waals surface area contributed by atoms with Gasteiger partial charge in [-0.25, -0.2) is 0 Å². The van der Waals surface area contributed by atoms with E-state index in [0.29, 0.717) is 0 Å². The molecule has 1 amide bonds. The van der Waals surface area contributed by atoms with Gasteiger partial charge in [0.05, 0.1) is 11.8 Å². The van der Waals surface area contributed by atoms with E-state index in [1.165, 1.54) is 0 Å². The molecule has 1 saturated heterocycles. The highest BCUT2D eigenvalue weighted by Gasteiger charge is 2.53. The molecule has 0 radical (unpaired) electrons. The van der Waals surface area contributed by atoms with E-state index in [1.807, 2.05) is 12.1 Å². The highest BCUT2D eigenvalue weighted by Crippen LogP contribution is 2.51. The van der Waals surface area contributed by atoms with Gasteiger partial charge in [-0.3, -0.25) is 4.79 Å². The zero-order chi connectivity index (χ0) is 13.1. The lowest BCUT2D eigenvalue weighted by atomic mass is 9.72. The Kier molecular flexibility index (Phi) is 2.49. The predicted molar refractivity (Wildman–Crippen MR) is 72.4 cm³/mol. The maximum Gasteiger partial charge on any atom is 0.227 e. The van der Waals surface area contributed by atoms with Crippen molar-refractivity contribution >= 4 is 21.8 Å². The van der Waals surface area contributed by atoms with Crippen LogP contribution in [0.2, 0.25) is 0 Å². The van der Waals surface area contributed by atoms with Crippen LogP contribution in [-0.4, -0.2) is 12.1 Å². The first-order chi connectivity index (χ1) is 8.38. The molecule has 0 aromatic heterocycles. The number of ether oxygens (including phenoxy) is 1. The van der Waals surface area contributed by atoms with Crippen molar-refractivity contribution in [2.24, 2.45) is 11.3 Å². The van der Waals surface area contributed by atoms with Crippen LogP contribution in [0, 0.1) is 11.3 Å². The molecule has 0 aliphatic carbocycles. The van der Waals surface area contributed by atoms with Crippen molar-refractivity contribution in [2.45, 2.75) is 32.9 Å². The highest BCUT2D eigenvalue weighted by molar-refractivity contribution is 9.10. The molecule has 4 heteroatoms. The molecule has 1 aromatic carbocycles. The van der Waals surface area contributed by atoms with Crippen molar-refractivity contribution in [2.75, 3.05) is 0 Å². The van der Waals surface area contributed by atoms with E-state index in [2.05, 4.69) is 48.1 Å². The van der Waals surface area contributed by atoms with Crippen LogP contribution in [0.1, 0.15) is 32.3 Å². The van der Waals surface area contributed by atoms with Crippen molar-refractivity contribution < 1.29 is 9.53 Å². The van der Waals surface area contributed by atoms with Crippen molar-refractivity contribution in [3.05, 3.63) is 28.2 Å². The highest BCUT2D eigenvalue weighted by atomic mass is 79.9. The topological polar surface area (TPSA) is 38.3 Å². The number of carbonyl (C=O) groups is 1. The Labute approximate surface area is 115 Å². The number of halogens is 1. The number of rotatable bonds is 0. The van der Waals surface area contributed by atoms with Crippen LogP contribution in [0.4, 0.5) is 0 Å². The summed E-state index contributed by atoms with van der Waals surface area (Å²) in [6, 6.07) is 6.00. The van der Waals surface area contributed by atoms with Crippen LogP contribution in [-0.2, 0) is 4.79 Å². The molecule has 2 heterocycles. The predicted octanol–water partition coefficient (Wildman–Crippen LogP) is 3.04. The first-order valence-electron chi connectivity index (χ1n) is 6.14. The van der Waals surface area contributed by atoms with Gasteiger partial charge in [0.1, 0.15) is 5.75 Å². The lowest BCUT2D eigenvalue weighted by Gasteiger charge is -2.28. The summed E-state index contributed by atoms with van der Waals surface area (Å²) in [6.07, 6.45) is -0.203. The number of hydrogen-bond donors (Lipinski definition) is 1. The quantitative estimate of drug-likeness (QED) is 0.800. The molecule has 0 bridgehead atoms. The van der Waals surface area contributed by atoms with Gasteiger partial charge in [-0.15, -0.1) is 0 Å². The third-order valence-corrected chi connectivity index (χ3v) is 4.26. The van der Waals surface area contributed by atoms with Crippen LogP contribution in [0.25, 0.3) is 0 Å². The van der Waals surface area contributed by atoms with Crippen molar-refractivity contribution in [3.63, 3.8) is 0 Å². The van der Waals surface area contributed by atoms with Crippen LogP contribution < -0.4 is 10.1 Å². The Morgan fingerprint density at radius 2 is 2.06 bits per heavy atom. The summed E-state index contributed by atoms with van der Waals surface area (Å²) in [6.45, 7) is 6.32. The fourth-order valence-electron chi connectivity index (χ4n) is 3.06. The summed E-state index contributed by atoms with van der Waals surface area (Å²) in [5, 5.41) is 2.96. The molecule has 3 rings (SSSR count). The average Bonchev–Trinajstić information content (AvgIpc) is 2.71. The van der Waals surface area contributed by atoms with Gasteiger partial charge in [0, 0.05) is 10.0 Å². The first-order valence-corrected chi connectivity index (χ1v) is 6.94. The smallest absolute Gasteiger partial charge is 0.227 e. The molecule has 2 aliphatic rings. The Bertz CT molecular complexity index is 521. The number of nitrogens with one attached hydrogen (secondary N) is 1. The van der Waals surface area contributed by atoms with Gasteiger partial charge in [0.25, 0.3) is 0 Å². The molecule has 2 aliphatic heterocycles. The second-order valence-electron chi connectivity index (χ2n) is 6.10. The number of benzene rings is 1. The van der Waals surface area contributed by atoms with E-state index in [-0.39, 0.29) is 29.4 Å². The molecule has 1 fully saturated rings. The van der Waals surface area contributed by atoms with Crippen molar-refractivity contribution in [3.8, 4) is 5.75 Å². The molecule has 3 nitrogen and oxygen atoms in total. The lowest BCUT2D eigenvalue weighted by molar-refractivity contribution is -0.125. The summed E-state index contributed by atoms with van der Waals surface area (Å²) in [4.78, 5) is 12.1. The SMILES string of the molecule is CC(C)(C)[C@@H]1C(=O)N[C@H]2Oc3ccc(Br)cc3[C@@H]12. The molecule has 1 aromatic rings. The Balaban J connectivity index is 2.08. The maximum atomic E-state index is 12.1. The third kappa shape index (κ3) is 1.66. The third-order valence-electron chi connectivity index (χ3n) is 3.77.